The number of hydrogen-bond acceptors (Lipinski definition) is 5. The van der Waals surface area contributed by atoms with Crippen LogP contribution in [0.25, 0.3) is 0 Å². The van der Waals surface area contributed by atoms with Gasteiger partial charge in [-0.3, -0.25) is 9.59 Å². The van der Waals surface area contributed by atoms with Gasteiger partial charge in [-0.05, 0) is 18.4 Å². The van der Waals surface area contributed by atoms with E-state index in [2.05, 4.69) is 5.32 Å². The second-order valence-electron chi connectivity index (χ2n) is 5.31. The Morgan fingerprint density at radius 3 is 2.59 bits per heavy atom. The molecule has 1 aromatic carbocycles. The molecule has 0 aliphatic carbocycles. The van der Waals surface area contributed by atoms with E-state index in [1.807, 2.05) is 30.3 Å². The second kappa shape index (κ2) is 7.40. The molecule has 7 heteroatoms. The molecule has 1 saturated heterocycles. The normalized spacial score (nSPS) is 19.5. The fraction of sp³-hybridized carbons (Fsp3) is 0.467. The molecule has 6 nitrogen and oxygen atoms in total. The number of aryl methyl sites for hydroxylation is 1. The maximum Gasteiger partial charge on any atom is 0.306 e. The zero-order chi connectivity index (χ0) is 16.0. The number of hydrogen-bond donors (Lipinski definition) is 1. The molecule has 1 amide bonds. The number of benzene rings is 1. The van der Waals surface area contributed by atoms with Gasteiger partial charge in [-0.25, -0.2) is 8.42 Å². The van der Waals surface area contributed by atoms with E-state index >= 15 is 0 Å². The average molecular weight is 325 g/mol. The van der Waals surface area contributed by atoms with Crippen molar-refractivity contribution in [2.24, 2.45) is 0 Å². The lowest BCUT2D eigenvalue weighted by Crippen LogP contribution is -2.38. The van der Waals surface area contributed by atoms with Crippen molar-refractivity contribution in [1.29, 1.82) is 0 Å². The van der Waals surface area contributed by atoms with Crippen LogP contribution in [-0.2, 0) is 30.6 Å². The van der Waals surface area contributed by atoms with Gasteiger partial charge >= 0.3 is 5.97 Å². The standard InChI is InChI=1S/C15H19NO5S/c17-14(16-13-8-9-22(19,20)11-13)10-21-15(18)7-6-12-4-2-1-3-5-12/h1-5,13H,6-11H2,(H,16,17)/t13-/m1/s1. The second-order valence-corrected chi connectivity index (χ2v) is 7.54. The molecule has 0 saturated carbocycles. The minimum Gasteiger partial charge on any atom is -0.456 e. The third-order valence-electron chi connectivity index (χ3n) is 3.42. The van der Waals surface area contributed by atoms with Crippen LogP contribution >= 0.6 is 0 Å². The van der Waals surface area contributed by atoms with E-state index in [1.165, 1.54) is 0 Å². The largest absolute Gasteiger partial charge is 0.456 e. The molecule has 22 heavy (non-hydrogen) atoms. The van der Waals surface area contributed by atoms with Crippen LogP contribution in [0.1, 0.15) is 18.4 Å². The van der Waals surface area contributed by atoms with Crippen LogP contribution < -0.4 is 5.32 Å². The van der Waals surface area contributed by atoms with Gasteiger partial charge in [0, 0.05) is 12.5 Å². The molecule has 1 aliphatic heterocycles. The quantitative estimate of drug-likeness (QED) is 0.768. The number of amides is 1. The van der Waals surface area contributed by atoms with Crippen LogP contribution in [0, 0.1) is 0 Å². The first-order valence-corrected chi connectivity index (χ1v) is 8.96. The van der Waals surface area contributed by atoms with Gasteiger partial charge in [0.2, 0.25) is 0 Å². The Morgan fingerprint density at radius 2 is 1.95 bits per heavy atom. The van der Waals surface area contributed by atoms with E-state index < -0.39 is 21.7 Å². The Kier molecular flexibility index (Phi) is 5.54. The SMILES string of the molecule is O=C(COC(=O)CCc1ccccc1)N[C@@H]1CCS(=O)(=O)C1. The van der Waals surface area contributed by atoms with Gasteiger partial charge in [0.1, 0.15) is 0 Å². The van der Waals surface area contributed by atoms with E-state index in [9.17, 15) is 18.0 Å². The van der Waals surface area contributed by atoms with Gasteiger partial charge in [-0.15, -0.1) is 0 Å². The minimum atomic E-state index is -3.03. The minimum absolute atomic E-state index is 0.0410. The number of ether oxygens (including phenoxy) is 1. The smallest absolute Gasteiger partial charge is 0.306 e. The van der Waals surface area contributed by atoms with E-state index in [1.54, 1.807) is 0 Å². The van der Waals surface area contributed by atoms with Crippen LogP contribution in [0.5, 0.6) is 0 Å². The average Bonchev–Trinajstić information content (AvgIpc) is 2.83. The molecule has 1 atom stereocenters. The summed E-state index contributed by atoms with van der Waals surface area (Å²) in [6.07, 6.45) is 1.17. The molecule has 0 radical (unpaired) electrons. The lowest BCUT2D eigenvalue weighted by Gasteiger charge is -2.11. The molecule has 0 unspecified atom stereocenters. The van der Waals surface area contributed by atoms with Crippen molar-refractivity contribution in [3.8, 4) is 0 Å². The van der Waals surface area contributed by atoms with Crippen LogP contribution in [0.15, 0.2) is 30.3 Å². The van der Waals surface area contributed by atoms with E-state index in [0.717, 1.165) is 5.56 Å². The molecule has 0 bridgehead atoms. The Labute approximate surface area is 129 Å². The first-order chi connectivity index (χ1) is 10.4. The highest BCUT2D eigenvalue weighted by atomic mass is 32.2. The summed E-state index contributed by atoms with van der Waals surface area (Å²) in [5.74, 6) is -0.858. The number of sulfone groups is 1. The van der Waals surface area contributed by atoms with Gasteiger partial charge in [-0.1, -0.05) is 30.3 Å². The third-order valence-corrected chi connectivity index (χ3v) is 5.19. The predicted octanol–water partition coefficient (Wildman–Crippen LogP) is 0.466. The highest BCUT2D eigenvalue weighted by molar-refractivity contribution is 7.91. The molecule has 0 spiro atoms. The maximum atomic E-state index is 11.6. The third kappa shape index (κ3) is 5.48. The van der Waals surface area contributed by atoms with Crippen molar-refractivity contribution in [3.63, 3.8) is 0 Å². The summed E-state index contributed by atoms with van der Waals surface area (Å²) in [4.78, 5) is 23.2. The first-order valence-electron chi connectivity index (χ1n) is 7.14. The fourth-order valence-electron chi connectivity index (χ4n) is 2.29. The molecule has 1 N–H and O–H groups in total. The number of carbonyl (C=O) groups excluding carboxylic acids is 2. The zero-order valence-corrected chi connectivity index (χ0v) is 13.0. The summed E-state index contributed by atoms with van der Waals surface area (Å²) in [6.45, 7) is -0.371. The number of carbonyl (C=O) groups is 2. The van der Waals surface area contributed by atoms with Crippen LogP contribution in [0.3, 0.4) is 0 Å². The van der Waals surface area contributed by atoms with Crippen LogP contribution in [-0.4, -0.2) is 44.4 Å². The zero-order valence-electron chi connectivity index (χ0n) is 12.2. The molecular weight excluding hydrogens is 306 g/mol. The molecule has 1 fully saturated rings. The molecule has 2 rings (SSSR count). The van der Waals surface area contributed by atoms with Crippen molar-refractivity contribution >= 4 is 21.7 Å². The molecule has 1 aliphatic rings. The summed E-state index contributed by atoms with van der Waals surface area (Å²) in [6, 6.07) is 9.14. The van der Waals surface area contributed by atoms with Crippen molar-refractivity contribution < 1.29 is 22.7 Å². The van der Waals surface area contributed by atoms with Gasteiger partial charge in [0.15, 0.2) is 16.4 Å². The van der Waals surface area contributed by atoms with Crippen LogP contribution in [0.4, 0.5) is 0 Å². The summed E-state index contributed by atoms with van der Waals surface area (Å²) >= 11 is 0. The lowest BCUT2D eigenvalue weighted by molar-refractivity contribution is -0.148. The molecule has 1 aromatic rings. The number of nitrogens with one attached hydrogen (secondary N) is 1. The molecule has 1 heterocycles. The van der Waals surface area contributed by atoms with Crippen molar-refractivity contribution in [2.75, 3.05) is 18.1 Å². The van der Waals surface area contributed by atoms with Crippen molar-refractivity contribution in [2.45, 2.75) is 25.3 Å². The maximum absolute atomic E-state index is 11.6. The Morgan fingerprint density at radius 1 is 1.23 bits per heavy atom. The molecular formula is C15H19NO5S. The summed E-state index contributed by atoms with van der Waals surface area (Å²) in [7, 11) is -3.03. The molecule has 0 aromatic heterocycles. The highest BCUT2D eigenvalue weighted by Crippen LogP contribution is 2.11. The highest BCUT2D eigenvalue weighted by Gasteiger charge is 2.28. The Hall–Kier alpha value is -1.89. The fourth-order valence-corrected chi connectivity index (χ4v) is 3.96. The van der Waals surface area contributed by atoms with Crippen LogP contribution in [0.2, 0.25) is 0 Å². The van der Waals surface area contributed by atoms with Gasteiger partial charge in [0.05, 0.1) is 11.5 Å². The van der Waals surface area contributed by atoms with E-state index in [4.69, 9.17) is 4.74 Å². The number of rotatable bonds is 6. The van der Waals surface area contributed by atoms with Crippen molar-refractivity contribution in [1.82, 2.24) is 5.32 Å². The van der Waals surface area contributed by atoms with E-state index in [0.29, 0.717) is 12.8 Å². The monoisotopic (exact) mass is 325 g/mol. The number of esters is 1. The first kappa shape index (κ1) is 16.5. The van der Waals surface area contributed by atoms with E-state index in [-0.39, 0.29) is 30.6 Å². The topological polar surface area (TPSA) is 89.5 Å². The summed E-state index contributed by atoms with van der Waals surface area (Å²) in [5.41, 5.74) is 1.03. The lowest BCUT2D eigenvalue weighted by atomic mass is 10.1. The molecule has 120 valence electrons. The summed E-state index contributed by atoms with van der Waals surface area (Å²) in [5, 5.41) is 2.57. The van der Waals surface area contributed by atoms with Gasteiger partial charge in [0.25, 0.3) is 5.91 Å². The van der Waals surface area contributed by atoms with Crippen molar-refractivity contribution in [3.05, 3.63) is 35.9 Å². The Balaban J connectivity index is 1.65. The Bertz CT molecular complexity index is 627. The van der Waals surface area contributed by atoms with Gasteiger partial charge < -0.3 is 10.1 Å². The predicted molar refractivity (Wildman–Crippen MR) is 80.9 cm³/mol. The van der Waals surface area contributed by atoms with Gasteiger partial charge in [-0.2, -0.15) is 0 Å². The summed E-state index contributed by atoms with van der Waals surface area (Å²) < 4.78 is 27.4.